The number of ketones is 1. The molecule has 1 aliphatic rings. The number of nitrogens with one attached hydrogen (secondary N) is 1. The number of carbonyl (C=O) groups is 1. The molecule has 26 heavy (non-hydrogen) atoms. The van der Waals surface area contributed by atoms with Crippen molar-refractivity contribution in [3.8, 4) is 0 Å². The van der Waals surface area contributed by atoms with Crippen LogP contribution in [0.3, 0.4) is 0 Å². The van der Waals surface area contributed by atoms with Crippen LogP contribution in [0.15, 0.2) is 53.4 Å². The van der Waals surface area contributed by atoms with Crippen molar-refractivity contribution < 1.29 is 13.2 Å². The molecule has 0 aliphatic heterocycles. The molecule has 138 valence electrons. The van der Waals surface area contributed by atoms with Crippen molar-refractivity contribution in [3.63, 3.8) is 0 Å². The lowest BCUT2D eigenvalue weighted by Crippen LogP contribution is -2.26. The molecule has 0 saturated heterocycles. The van der Waals surface area contributed by atoms with Crippen molar-refractivity contribution in [2.45, 2.75) is 24.2 Å². The van der Waals surface area contributed by atoms with Crippen LogP contribution in [0.5, 0.6) is 0 Å². The smallest absolute Gasteiger partial charge is 0.240 e. The number of hydrogen-bond acceptors (Lipinski definition) is 4. The molecule has 0 aromatic heterocycles. The molecule has 3 rings (SSSR count). The lowest BCUT2D eigenvalue weighted by molar-refractivity contribution is 0.0967. The minimum Gasteiger partial charge on any atom is -0.378 e. The molecular weight excluding hydrogens is 348 g/mol. The van der Waals surface area contributed by atoms with Crippen molar-refractivity contribution in [2.24, 2.45) is 5.92 Å². The molecule has 5 nitrogen and oxygen atoms in total. The van der Waals surface area contributed by atoms with Crippen LogP contribution in [0.1, 0.15) is 28.8 Å². The average Bonchev–Trinajstić information content (AvgIpc) is 3.47. The van der Waals surface area contributed by atoms with E-state index < -0.39 is 10.0 Å². The molecule has 0 atom stereocenters. The number of rotatable bonds is 8. The first-order valence-corrected chi connectivity index (χ1v) is 10.3. The Balaban J connectivity index is 1.57. The molecule has 0 radical (unpaired) electrons. The van der Waals surface area contributed by atoms with E-state index >= 15 is 0 Å². The van der Waals surface area contributed by atoms with Gasteiger partial charge < -0.3 is 4.90 Å². The highest BCUT2D eigenvalue weighted by atomic mass is 32.2. The van der Waals surface area contributed by atoms with E-state index in [-0.39, 0.29) is 16.6 Å². The molecule has 1 fully saturated rings. The second-order valence-electron chi connectivity index (χ2n) is 6.87. The quantitative estimate of drug-likeness (QED) is 0.724. The summed E-state index contributed by atoms with van der Waals surface area (Å²) in [7, 11) is 0.389. The maximum atomic E-state index is 12.4. The first-order valence-electron chi connectivity index (χ1n) is 8.77. The molecular formula is C20H24N2O3S. The minimum absolute atomic E-state index is 0.114. The Kier molecular flexibility index (Phi) is 5.44. The van der Waals surface area contributed by atoms with Crippen LogP contribution in [0.4, 0.5) is 5.69 Å². The molecule has 0 heterocycles. The van der Waals surface area contributed by atoms with E-state index in [2.05, 4.69) is 4.72 Å². The molecule has 0 spiro atoms. The van der Waals surface area contributed by atoms with E-state index in [1.165, 1.54) is 12.1 Å². The van der Waals surface area contributed by atoms with Gasteiger partial charge >= 0.3 is 0 Å². The summed E-state index contributed by atoms with van der Waals surface area (Å²) in [6.45, 7) is 0.326. The first kappa shape index (κ1) is 18.6. The zero-order chi connectivity index (χ0) is 18.7. The predicted octanol–water partition coefficient (Wildman–Crippen LogP) is 2.87. The average molecular weight is 372 g/mol. The Labute approximate surface area is 155 Å². The van der Waals surface area contributed by atoms with Gasteiger partial charge in [-0.15, -0.1) is 0 Å². The largest absolute Gasteiger partial charge is 0.378 e. The highest BCUT2D eigenvalue weighted by Crippen LogP contribution is 2.32. The second kappa shape index (κ2) is 7.60. The Morgan fingerprint density at radius 1 is 1.04 bits per heavy atom. The van der Waals surface area contributed by atoms with Gasteiger partial charge in [0.2, 0.25) is 10.0 Å². The normalized spacial score (nSPS) is 14.2. The van der Waals surface area contributed by atoms with Crippen LogP contribution >= 0.6 is 0 Å². The SMILES string of the molecule is CN(C)c1ccc(CCNS(=O)(=O)c2ccc(C(=O)C3CC3)cc2)cc1. The van der Waals surface area contributed by atoms with E-state index in [1.54, 1.807) is 12.1 Å². The number of nitrogens with zero attached hydrogens (tertiary/aromatic N) is 1. The molecule has 2 aromatic carbocycles. The van der Waals surface area contributed by atoms with E-state index in [4.69, 9.17) is 0 Å². The van der Waals surface area contributed by atoms with Gasteiger partial charge in [-0.3, -0.25) is 4.79 Å². The summed E-state index contributed by atoms with van der Waals surface area (Å²) < 4.78 is 27.4. The van der Waals surface area contributed by atoms with Crippen LogP contribution in [0.25, 0.3) is 0 Å². The van der Waals surface area contributed by atoms with Gasteiger partial charge in [0.25, 0.3) is 0 Å². The fourth-order valence-corrected chi connectivity index (χ4v) is 3.79. The van der Waals surface area contributed by atoms with Crippen molar-refractivity contribution in [1.82, 2.24) is 4.72 Å². The predicted molar refractivity (Wildman–Crippen MR) is 103 cm³/mol. The van der Waals surface area contributed by atoms with Gasteiger partial charge in [-0.25, -0.2) is 13.1 Å². The summed E-state index contributed by atoms with van der Waals surface area (Å²) in [4.78, 5) is 14.2. The van der Waals surface area contributed by atoms with Gasteiger partial charge in [0, 0.05) is 37.8 Å². The first-order chi connectivity index (χ1) is 12.4. The van der Waals surface area contributed by atoms with E-state index in [0.717, 1.165) is 24.1 Å². The number of hydrogen-bond donors (Lipinski definition) is 1. The zero-order valence-electron chi connectivity index (χ0n) is 15.1. The molecule has 1 aliphatic carbocycles. The summed E-state index contributed by atoms with van der Waals surface area (Å²) in [6, 6.07) is 14.3. The fourth-order valence-electron chi connectivity index (χ4n) is 2.75. The van der Waals surface area contributed by atoms with Crippen molar-refractivity contribution >= 4 is 21.5 Å². The van der Waals surface area contributed by atoms with Crippen LogP contribution in [0.2, 0.25) is 0 Å². The Morgan fingerprint density at radius 3 is 2.19 bits per heavy atom. The molecule has 0 amide bonds. The molecule has 6 heteroatoms. The van der Waals surface area contributed by atoms with Crippen LogP contribution in [-0.4, -0.2) is 34.8 Å². The van der Waals surface area contributed by atoms with Gasteiger partial charge in [0.05, 0.1) is 4.90 Å². The van der Waals surface area contributed by atoms with Gasteiger partial charge in [-0.1, -0.05) is 24.3 Å². The Bertz CT molecular complexity index is 868. The van der Waals surface area contributed by atoms with Gasteiger partial charge in [0.15, 0.2) is 5.78 Å². The standard InChI is InChI=1S/C20H24N2O3S/c1-22(2)18-9-3-15(4-10-18)13-14-21-26(24,25)19-11-7-17(8-12-19)20(23)16-5-6-16/h3-4,7-12,16,21H,5-6,13-14H2,1-2H3. The van der Waals surface area contributed by atoms with Crippen molar-refractivity contribution in [1.29, 1.82) is 0 Å². The highest BCUT2D eigenvalue weighted by Gasteiger charge is 2.30. The molecule has 0 bridgehead atoms. The van der Waals surface area contributed by atoms with E-state index in [1.807, 2.05) is 43.3 Å². The zero-order valence-corrected chi connectivity index (χ0v) is 15.9. The number of sulfonamides is 1. The molecule has 2 aromatic rings. The van der Waals surface area contributed by atoms with Crippen LogP contribution in [-0.2, 0) is 16.4 Å². The van der Waals surface area contributed by atoms with Crippen LogP contribution < -0.4 is 9.62 Å². The Hall–Kier alpha value is -2.18. The van der Waals surface area contributed by atoms with Crippen molar-refractivity contribution in [3.05, 3.63) is 59.7 Å². The molecule has 1 saturated carbocycles. The number of Topliss-reactive ketones (excluding diaryl/α,β-unsaturated/α-hetero) is 1. The minimum atomic E-state index is -3.57. The maximum Gasteiger partial charge on any atom is 0.240 e. The maximum absolute atomic E-state index is 12.4. The molecule has 0 unspecified atom stereocenters. The number of anilines is 1. The van der Waals surface area contributed by atoms with Gasteiger partial charge in [-0.05, 0) is 49.1 Å². The van der Waals surface area contributed by atoms with Crippen molar-refractivity contribution in [2.75, 3.05) is 25.5 Å². The lowest BCUT2D eigenvalue weighted by Gasteiger charge is -2.13. The third kappa shape index (κ3) is 4.51. The monoisotopic (exact) mass is 372 g/mol. The Morgan fingerprint density at radius 2 is 1.65 bits per heavy atom. The third-order valence-electron chi connectivity index (χ3n) is 4.56. The number of benzene rings is 2. The van der Waals surface area contributed by atoms with Gasteiger partial charge in [0.1, 0.15) is 0 Å². The molecule has 1 N–H and O–H groups in total. The summed E-state index contributed by atoms with van der Waals surface area (Å²) in [6.07, 6.45) is 2.50. The van der Waals surface area contributed by atoms with E-state index in [9.17, 15) is 13.2 Å². The van der Waals surface area contributed by atoms with Crippen LogP contribution in [0, 0.1) is 5.92 Å². The second-order valence-corrected chi connectivity index (χ2v) is 8.64. The van der Waals surface area contributed by atoms with Gasteiger partial charge in [-0.2, -0.15) is 0 Å². The topological polar surface area (TPSA) is 66.5 Å². The highest BCUT2D eigenvalue weighted by molar-refractivity contribution is 7.89. The third-order valence-corrected chi connectivity index (χ3v) is 6.03. The summed E-state index contributed by atoms with van der Waals surface area (Å²) in [5.41, 5.74) is 2.77. The summed E-state index contributed by atoms with van der Waals surface area (Å²) >= 11 is 0. The van der Waals surface area contributed by atoms with E-state index in [0.29, 0.717) is 18.5 Å². The summed E-state index contributed by atoms with van der Waals surface area (Å²) in [5.74, 6) is 0.248. The number of carbonyl (C=O) groups excluding carboxylic acids is 1. The fraction of sp³-hybridized carbons (Fsp3) is 0.350. The summed E-state index contributed by atoms with van der Waals surface area (Å²) in [5, 5.41) is 0. The lowest BCUT2D eigenvalue weighted by atomic mass is 10.1.